The minimum atomic E-state index is -4.08. The molecule has 0 spiro atoms. The first-order valence-electron chi connectivity index (χ1n) is 10.9. The van der Waals surface area contributed by atoms with E-state index in [4.69, 9.17) is 17.0 Å². The molecule has 0 atom stereocenters. The predicted octanol–water partition coefficient (Wildman–Crippen LogP) is 3.53. The minimum absolute atomic E-state index is 0.000318. The van der Waals surface area contributed by atoms with E-state index in [1.807, 2.05) is 0 Å². The Morgan fingerprint density at radius 1 is 1.09 bits per heavy atom. The van der Waals surface area contributed by atoms with Crippen LogP contribution in [0.25, 0.3) is 0 Å². The molecule has 1 aromatic heterocycles. The zero-order valence-electron chi connectivity index (χ0n) is 19.0. The van der Waals surface area contributed by atoms with Crippen LogP contribution in [0.4, 0.5) is 17.2 Å². The molecule has 0 radical (unpaired) electrons. The van der Waals surface area contributed by atoms with Gasteiger partial charge in [0, 0.05) is 37.3 Å². The van der Waals surface area contributed by atoms with Crippen molar-refractivity contribution >= 4 is 44.4 Å². The highest BCUT2D eigenvalue weighted by atomic mass is 32.2. The quantitative estimate of drug-likeness (QED) is 0.269. The number of non-ortho nitro benzene ring substituents is 1. The van der Waals surface area contributed by atoms with E-state index >= 15 is 0 Å². The van der Waals surface area contributed by atoms with E-state index in [2.05, 4.69) is 20.4 Å². The molecule has 0 unspecified atom stereocenters. The number of hydrogen-bond donors (Lipinski definition) is 1. The van der Waals surface area contributed by atoms with Gasteiger partial charge in [-0.15, -0.1) is 10.2 Å². The number of ether oxygens (including phenoxy) is 1. The van der Waals surface area contributed by atoms with Gasteiger partial charge in [0.2, 0.25) is 0 Å². The number of methoxy groups -OCH3 is 1. The van der Waals surface area contributed by atoms with Crippen LogP contribution in [-0.2, 0) is 16.4 Å². The zero-order valence-corrected chi connectivity index (χ0v) is 20.6. The Morgan fingerprint density at radius 3 is 2.34 bits per heavy atom. The van der Waals surface area contributed by atoms with Gasteiger partial charge in [0.1, 0.15) is 11.4 Å². The minimum Gasteiger partial charge on any atom is -0.497 e. The summed E-state index contributed by atoms with van der Waals surface area (Å²) in [6, 6.07) is 11.6. The number of nitrogens with one attached hydrogen (secondary N) is 1. The van der Waals surface area contributed by atoms with Crippen LogP contribution in [0.2, 0.25) is 0 Å². The van der Waals surface area contributed by atoms with Gasteiger partial charge >= 0.3 is 0 Å². The van der Waals surface area contributed by atoms with Crippen molar-refractivity contribution in [3.63, 3.8) is 0 Å². The lowest BCUT2D eigenvalue weighted by molar-refractivity contribution is -0.384. The molecule has 0 saturated carbocycles. The van der Waals surface area contributed by atoms with Crippen molar-refractivity contribution in [2.75, 3.05) is 25.5 Å². The second-order valence-electron chi connectivity index (χ2n) is 7.95. The number of aromatic nitrogens is 3. The lowest BCUT2D eigenvalue weighted by Crippen LogP contribution is -2.35. The summed E-state index contributed by atoms with van der Waals surface area (Å²) in [5.41, 5.74) is 0.790. The highest BCUT2D eigenvalue weighted by Gasteiger charge is 2.25. The van der Waals surface area contributed by atoms with E-state index in [0.717, 1.165) is 32.4 Å². The van der Waals surface area contributed by atoms with E-state index in [9.17, 15) is 18.5 Å². The summed E-state index contributed by atoms with van der Waals surface area (Å²) in [5, 5.41) is 22.5. The molecule has 0 bridgehead atoms. The van der Waals surface area contributed by atoms with E-state index in [-0.39, 0.29) is 22.8 Å². The number of nitro benzene ring substituents is 1. The Bertz CT molecular complexity index is 1320. The maximum atomic E-state index is 13.2. The molecule has 13 heteroatoms. The number of thiocarbonyl (C=S) groups is 1. The number of anilines is 2. The number of nitro groups is 1. The fourth-order valence-corrected chi connectivity index (χ4v) is 5.07. The summed E-state index contributed by atoms with van der Waals surface area (Å²) in [5.74, 6) is 0.723. The Hall–Kier alpha value is -3.58. The third-order valence-corrected chi connectivity index (χ3v) is 7.47. The molecular weight excluding hydrogens is 492 g/mol. The average molecular weight is 517 g/mol. The molecule has 184 valence electrons. The van der Waals surface area contributed by atoms with E-state index in [1.54, 1.807) is 12.1 Å². The molecule has 1 aliphatic heterocycles. The summed E-state index contributed by atoms with van der Waals surface area (Å²) >= 11 is 5.63. The van der Waals surface area contributed by atoms with E-state index < -0.39 is 14.9 Å². The zero-order chi connectivity index (χ0) is 25.0. The maximum absolute atomic E-state index is 13.2. The Balaban J connectivity index is 1.66. The number of benzene rings is 2. The normalized spacial score (nSPS) is 13.9. The molecule has 4 rings (SSSR count). The second kappa shape index (κ2) is 10.4. The van der Waals surface area contributed by atoms with Crippen LogP contribution in [0.15, 0.2) is 53.4 Å². The highest BCUT2D eigenvalue weighted by Crippen LogP contribution is 2.24. The molecule has 1 aliphatic rings. The van der Waals surface area contributed by atoms with Crippen LogP contribution in [0.3, 0.4) is 0 Å². The van der Waals surface area contributed by atoms with Gasteiger partial charge in [-0.25, -0.2) is 0 Å². The molecule has 35 heavy (non-hydrogen) atoms. The molecule has 0 amide bonds. The number of hydrogen-bond acceptors (Lipinski definition) is 9. The Labute approximate surface area is 207 Å². The van der Waals surface area contributed by atoms with Gasteiger partial charge in [0.25, 0.3) is 15.7 Å². The van der Waals surface area contributed by atoms with Gasteiger partial charge in [-0.3, -0.25) is 10.1 Å². The number of rotatable bonds is 8. The summed E-state index contributed by atoms with van der Waals surface area (Å²) in [6.07, 6.45) is 3.48. The van der Waals surface area contributed by atoms with Crippen molar-refractivity contribution in [3.8, 4) is 5.75 Å². The van der Waals surface area contributed by atoms with E-state index in [1.165, 1.54) is 43.5 Å². The average Bonchev–Trinajstić information content (AvgIpc) is 3.27. The number of piperidine rings is 1. The fraction of sp³-hybridized carbons (Fsp3) is 0.318. The predicted molar refractivity (Wildman–Crippen MR) is 134 cm³/mol. The van der Waals surface area contributed by atoms with Crippen molar-refractivity contribution in [3.05, 3.63) is 64.3 Å². The second-order valence-corrected chi connectivity index (χ2v) is 10.2. The van der Waals surface area contributed by atoms with Gasteiger partial charge in [-0.05, 0) is 55.7 Å². The Morgan fingerprint density at radius 2 is 1.74 bits per heavy atom. The van der Waals surface area contributed by atoms with Crippen molar-refractivity contribution in [2.24, 2.45) is 0 Å². The van der Waals surface area contributed by atoms with Crippen molar-refractivity contribution in [1.29, 1.82) is 0 Å². The maximum Gasteiger partial charge on any atom is 0.299 e. The SMILES string of the molecule is COc1ccc(S(=O)(=O)n2nc(CC(=S)N3CCCCC3)c(Nc3ccc([N+](=O)[O-])cc3)n2)cc1. The third-order valence-electron chi connectivity index (χ3n) is 5.61. The summed E-state index contributed by atoms with van der Waals surface area (Å²) < 4.78 is 32.2. The van der Waals surface area contributed by atoms with Gasteiger partial charge in [-0.1, -0.05) is 16.4 Å². The molecule has 0 aliphatic carbocycles. The molecule has 2 aromatic carbocycles. The van der Waals surface area contributed by atoms with Gasteiger partial charge in [-0.2, -0.15) is 8.42 Å². The van der Waals surface area contributed by atoms with Crippen LogP contribution >= 0.6 is 12.2 Å². The summed E-state index contributed by atoms with van der Waals surface area (Å²) in [4.78, 5) is 13.2. The Kier molecular flexibility index (Phi) is 7.26. The monoisotopic (exact) mass is 516 g/mol. The first-order valence-corrected chi connectivity index (χ1v) is 12.8. The van der Waals surface area contributed by atoms with Crippen molar-refractivity contribution in [1.82, 2.24) is 19.3 Å². The smallest absolute Gasteiger partial charge is 0.299 e. The van der Waals surface area contributed by atoms with Crippen molar-refractivity contribution < 1.29 is 18.1 Å². The standard InChI is InChI=1S/C22H24N6O5S2/c1-33-18-9-11-19(12-10-18)35(31,32)28-24-20(15-21(34)26-13-3-2-4-14-26)22(25-28)23-16-5-7-17(8-6-16)27(29)30/h5-12H,2-4,13-15H2,1H3,(H,23,25). The lowest BCUT2D eigenvalue weighted by Gasteiger charge is -2.28. The molecule has 2 heterocycles. The van der Waals surface area contributed by atoms with Gasteiger partial charge in [0.05, 0.1) is 21.9 Å². The van der Waals surface area contributed by atoms with E-state index in [0.29, 0.717) is 26.3 Å². The third kappa shape index (κ3) is 5.57. The van der Waals surface area contributed by atoms with Gasteiger partial charge < -0.3 is 15.0 Å². The van der Waals surface area contributed by atoms with Gasteiger partial charge in [0.15, 0.2) is 5.82 Å². The number of nitrogens with zero attached hydrogens (tertiary/aromatic N) is 5. The van der Waals surface area contributed by atoms with Crippen LogP contribution in [0.5, 0.6) is 5.75 Å². The number of likely N-dealkylation sites (tertiary alicyclic amines) is 1. The van der Waals surface area contributed by atoms with Crippen LogP contribution in [0, 0.1) is 10.1 Å². The summed E-state index contributed by atoms with van der Waals surface area (Å²) in [7, 11) is -2.59. The molecule has 3 aromatic rings. The highest BCUT2D eigenvalue weighted by molar-refractivity contribution is 7.89. The van der Waals surface area contributed by atoms with Crippen LogP contribution < -0.4 is 10.1 Å². The molecular formula is C22H24N6O5S2. The summed E-state index contributed by atoms with van der Waals surface area (Å²) in [6.45, 7) is 1.70. The van der Waals surface area contributed by atoms with Crippen molar-refractivity contribution in [2.45, 2.75) is 30.6 Å². The largest absolute Gasteiger partial charge is 0.497 e. The molecule has 1 N–H and O–H groups in total. The first kappa shape index (κ1) is 24.5. The lowest BCUT2D eigenvalue weighted by atomic mass is 10.1. The molecule has 11 nitrogen and oxygen atoms in total. The first-order chi connectivity index (χ1) is 16.8. The molecule has 1 fully saturated rings. The fourth-order valence-electron chi connectivity index (χ4n) is 3.68. The topological polar surface area (TPSA) is 132 Å². The molecule has 1 saturated heterocycles. The van der Waals surface area contributed by atoms with Crippen LogP contribution in [-0.4, -0.2) is 57.8 Å². The van der Waals surface area contributed by atoms with Crippen LogP contribution in [0.1, 0.15) is 25.0 Å².